The lowest BCUT2D eigenvalue weighted by molar-refractivity contribution is 0.0690. The van der Waals surface area contributed by atoms with E-state index >= 15 is 0 Å². The lowest BCUT2D eigenvalue weighted by Gasteiger charge is -2.11. The molecule has 6 heteroatoms. The van der Waals surface area contributed by atoms with Crippen molar-refractivity contribution < 1.29 is 15.0 Å². The third-order valence-electron chi connectivity index (χ3n) is 2.97. The molecule has 1 unspecified atom stereocenters. The smallest absolute Gasteiger partial charge is 0.358 e. The highest BCUT2D eigenvalue weighted by Gasteiger charge is 2.16. The summed E-state index contributed by atoms with van der Waals surface area (Å²) in [6.45, 7) is 2.30. The zero-order chi connectivity index (χ0) is 14.5. The normalized spacial score (nSPS) is 12.3. The first kappa shape index (κ1) is 14.2. The standard InChI is InChI=1S/C14H17N3O3/c1-9(18)5-4-8-15-12-10-6-2-3-7-11(10)16-17-13(12)14(19)20/h2-3,6-7,9,18H,4-5,8H2,1H3,(H,15,16)(H,19,20). The molecule has 0 spiro atoms. The van der Waals surface area contributed by atoms with Crippen LogP contribution in [0.1, 0.15) is 30.3 Å². The summed E-state index contributed by atoms with van der Waals surface area (Å²) in [4.78, 5) is 11.2. The second-order valence-corrected chi connectivity index (χ2v) is 4.66. The van der Waals surface area contributed by atoms with Gasteiger partial charge in [-0.25, -0.2) is 4.79 Å². The average molecular weight is 275 g/mol. The Morgan fingerprint density at radius 2 is 2.10 bits per heavy atom. The van der Waals surface area contributed by atoms with Gasteiger partial charge in [-0.05, 0) is 25.8 Å². The van der Waals surface area contributed by atoms with Gasteiger partial charge in [0.2, 0.25) is 0 Å². The molecule has 0 saturated heterocycles. The van der Waals surface area contributed by atoms with Crippen LogP contribution in [0, 0.1) is 0 Å². The van der Waals surface area contributed by atoms with Crippen molar-refractivity contribution >= 4 is 22.6 Å². The molecular weight excluding hydrogens is 258 g/mol. The third kappa shape index (κ3) is 3.21. The van der Waals surface area contributed by atoms with Gasteiger partial charge in [0, 0.05) is 11.9 Å². The molecule has 106 valence electrons. The van der Waals surface area contributed by atoms with Crippen LogP contribution in [0.25, 0.3) is 10.9 Å². The summed E-state index contributed by atoms with van der Waals surface area (Å²) in [6.07, 6.45) is 1.04. The maximum absolute atomic E-state index is 11.2. The number of fused-ring (bicyclic) bond motifs is 1. The minimum absolute atomic E-state index is 0.0826. The molecule has 0 fully saturated rings. The van der Waals surface area contributed by atoms with Crippen molar-refractivity contribution in [1.82, 2.24) is 10.2 Å². The molecule has 0 saturated carbocycles. The number of nitrogens with one attached hydrogen (secondary N) is 1. The Labute approximate surface area is 116 Å². The highest BCUT2D eigenvalue weighted by molar-refractivity contribution is 6.02. The Hall–Kier alpha value is -2.21. The number of hydrogen-bond donors (Lipinski definition) is 3. The number of carboxylic acid groups (broad SMARTS) is 1. The molecule has 1 atom stereocenters. The lowest BCUT2D eigenvalue weighted by Crippen LogP contribution is -2.12. The Morgan fingerprint density at radius 1 is 1.35 bits per heavy atom. The summed E-state index contributed by atoms with van der Waals surface area (Å²) in [5.41, 5.74) is 1.05. The Morgan fingerprint density at radius 3 is 2.80 bits per heavy atom. The average Bonchev–Trinajstić information content (AvgIpc) is 2.42. The summed E-state index contributed by atoms with van der Waals surface area (Å²) < 4.78 is 0. The summed E-state index contributed by atoms with van der Waals surface area (Å²) in [6, 6.07) is 7.26. The van der Waals surface area contributed by atoms with Gasteiger partial charge in [-0.15, -0.1) is 10.2 Å². The molecule has 0 amide bonds. The predicted molar refractivity (Wildman–Crippen MR) is 75.9 cm³/mol. The van der Waals surface area contributed by atoms with Crippen molar-refractivity contribution in [3.05, 3.63) is 30.0 Å². The van der Waals surface area contributed by atoms with E-state index in [9.17, 15) is 15.0 Å². The van der Waals surface area contributed by atoms with Gasteiger partial charge in [0.25, 0.3) is 0 Å². The van der Waals surface area contributed by atoms with E-state index in [1.54, 1.807) is 13.0 Å². The van der Waals surface area contributed by atoms with E-state index in [4.69, 9.17) is 0 Å². The molecule has 3 N–H and O–H groups in total. The number of rotatable bonds is 6. The number of aliphatic hydroxyl groups is 1. The van der Waals surface area contributed by atoms with Crippen molar-refractivity contribution in [2.24, 2.45) is 0 Å². The molecule has 20 heavy (non-hydrogen) atoms. The highest BCUT2D eigenvalue weighted by atomic mass is 16.4. The van der Waals surface area contributed by atoms with E-state index in [-0.39, 0.29) is 11.8 Å². The molecule has 1 heterocycles. The number of aromatic carboxylic acids is 1. The zero-order valence-electron chi connectivity index (χ0n) is 11.2. The summed E-state index contributed by atoms with van der Waals surface area (Å²) in [7, 11) is 0. The fourth-order valence-electron chi connectivity index (χ4n) is 1.99. The van der Waals surface area contributed by atoms with Crippen LogP contribution in [-0.2, 0) is 0 Å². The third-order valence-corrected chi connectivity index (χ3v) is 2.97. The summed E-state index contributed by atoms with van der Waals surface area (Å²) >= 11 is 0. The molecule has 2 rings (SSSR count). The van der Waals surface area contributed by atoms with Crippen molar-refractivity contribution in [3.8, 4) is 0 Å². The predicted octanol–water partition coefficient (Wildman–Crippen LogP) is 1.90. The number of carboxylic acids is 1. The minimum atomic E-state index is -1.11. The van der Waals surface area contributed by atoms with Crippen LogP contribution in [0.15, 0.2) is 24.3 Å². The van der Waals surface area contributed by atoms with Crippen molar-refractivity contribution in [2.75, 3.05) is 11.9 Å². The van der Waals surface area contributed by atoms with Gasteiger partial charge in [0.05, 0.1) is 17.3 Å². The SMILES string of the molecule is CC(O)CCCNc1c(C(=O)O)nnc2ccccc12. The van der Waals surface area contributed by atoms with E-state index in [1.807, 2.05) is 18.2 Å². The summed E-state index contributed by atoms with van der Waals surface area (Å²) in [5, 5.41) is 29.9. The van der Waals surface area contributed by atoms with E-state index in [0.29, 0.717) is 24.2 Å². The van der Waals surface area contributed by atoms with Gasteiger partial charge in [-0.1, -0.05) is 18.2 Å². The number of aliphatic hydroxyl groups excluding tert-OH is 1. The number of carbonyl (C=O) groups is 1. The van der Waals surface area contributed by atoms with Crippen molar-refractivity contribution in [2.45, 2.75) is 25.9 Å². The maximum atomic E-state index is 11.2. The molecule has 0 radical (unpaired) electrons. The molecular formula is C14H17N3O3. The number of anilines is 1. The van der Waals surface area contributed by atoms with E-state index < -0.39 is 5.97 Å². The number of benzene rings is 1. The highest BCUT2D eigenvalue weighted by Crippen LogP contribution is 2.24. The molecule has 0 aliphatic heterocycles. The number of aromatic nitrogens is 2. The van der Waals surface area contributed by atoms with Crippen LogP contribution in [0.3, 0.4) is 0 Å². The van der Waals surface area contributed by atoms with Crippen LogP contribution < -0.4 is 5.32 Å². The molecule has 0 aliphatic rings. The van der Waals surface area contributed by atoms with Crippen LogP contribution in [0.5, 0.6) is 0 Å². The Kier molecular flexibility index (Phi) is 4.47. The molecule has 0 bridgehead atoms. The van der Waals surface area contributed by atoms with Gasteiger partial charge in [-0.3, -0.25) is 0 Å². The first-order chi connectivity index (χ1) is 9.59. The van der Waals surface area contributed by atoms with E-state index in [2.05, 4.69) is 15.5 Å². The lowest BCUT2D eigenvalue weighted by atomic mass is 10.1. The van der Waals surface area contributed by atoms with Crippen LogP contribution in [-0.4, -0.2) is 39.0 Å². The molecule has 2 aromatic rings. The molecule has 0 aliphatic carbocycles. The van der Waals surface area contributed by atoms with Crippen LogP contribution >= 0.6 is 0 Å². The monoisotopic (exact) mass is 275 g/mol. The largest absolute Gasteiger partial charge is 0.476 e. The van der Waals surface area contributed by atoms with Crippen LogP contribution in [0.2, 0.25) is 0 Å². The zero-order valence-corrected chi connectivity index (χ0v) is 11.2. The van der Waals surface area contributed by atoms with E-state index in [0.717, 1.165) is 11.8 Å². The second kappa shape index (κ2) is 6.29. The van der Waals surface area contributed by atoms with Gasteiger partial charge in [0.15, 0.2) is 5.69 Å². The summed E-state index contributed by atoms with van der Waals surface area (Å²) in [5.74, 6) is -1.11. The fraction of sp³-hybridized carbons (Fsp3) is 0.357. The maximum Gasteiger partial charge on any atom is 0.358 e. The molecule has 1 aromatic heterocycles. The first-order valence-corrected chi connectivity index (χ1v) is 6.50. The van der Waals surface area contributed by atoms with Crippen molar-refractivity contribution in [3.63, 3.8) is 0 Å². The Balaban J connectivity index is 2.28. The fourth-order valence-corrected chi connectivity index (χ4v) is 1.99. The minimum Gasteiger partial charge on any atom is -0.476 e. The van der Waals surface area contributed by atoms with Crippen molar-refractivity contribution in [1.29, 1.82) is 0 Å². The van der Waals surface area contributed by atoms with Gasteiger partial charge in [0.1, 0.15) is 0 Å². The van der Waals surface area contributed by atoms with Gasteiger partial charge in [-0.2, -0.15) is 0 Å². The first-order valence-electron chi connectivity index (χ1n) is 6.50. The topological polar surface area (TPSA) is 95.3 Å². The van der Waals surface area contributed by atoms with Crippen LogP contribution in [0.4, 0.5) is 5.69 Å². The Bertz CT molecular complexity index is 614. The molecule has 1 aromatic carbocycles. The number of hydrogen-bond acceptors (Lipinski definition) is 5. The quantitative estimate of drug-likeness (QED) is 0.697. The second-order valence-electron chi connectivity index (χ2n) is 4.66. The molecule has 6 nitrogen and oxygen atoms in total. The van der Waals surface area contributed by atoms with E-state index in [1.165, 1.54) is 0 Å². The van der Waals surface area contributed by atoms with Gasteiger partial charge < -0.3 is 15.5 Å². The number of nitrogens with zero attached hydrogens (tertiary/aromatic N) is 2. The van der Waals surface area contributed by atoms with Gasteiger partial charge >= 0.3 is 5.97 Å².